The Morgan fingerprint density at radius 1 is 1.12 bits per heavy atom. The topological polar surface area (TPSA) is 33.8 Å². The molecule has 1 saturated heterocycles. The summed E-state index contributed by atoms with van der Waals surface area (Å²) in [5, 5.41) is 0. The van der Waals surface area contributed by atoms with Crippen LogP contribution in [0, 0.1) is 5.92 Å². The van der Waals surface area contributed by atoms with Gasteiger partial charge in [0.25, 0.3) is 6.34 Å². The number of hydrogen-bond donors (Lipinski definition) is 0. The summed E-state index contributed by atoms with van der Waals surface area (Å²) in [5.74, 6) is 0.574. The Balaban J connectivity index is 1.86. The molecule has 2 heterocycles. The summed E-state index contributed by atoms with van der Waals surface area (Å²) in [6.07, 6.45) is 6.45. The van der Waals surface area contributed by atoms with Crippen LogP contribution in [0.2, 0.25) is 0 Å². The maximum absolute atomic E-state index is 6.14. The first-order valence-corrected chi connectivity index (χ1v) is 8.94. The van der Waals surface area contributed by atoms with Crippen LogP contribution in [-0.4, -0.2) is 35.4 Å². The molecule has 0 amide bonds. The van der Waals surface area contributed by atoms with Gasteiger partial charge >= 0.3 is 7.12 Å². The lowest BCUT2D eigenvalue weighted by molar-refractivity contribution is -0.286. The minimum atomic E-state index is -0.340. The van der Waals surface area contributed by atoms with Gasteiger partial charge in [0.1, 0.15) is 0 Å². The summed E-state index contributed by atoms with van der Waals surface area (Å²) < 4.78 is 14.4. The number of hydrogen-bond acceptors (Lipinski definition) is 3. The number of nitrogens with zero attached hydrogens (tertiary/aromatic N) is 2. The van der Waals surface area contributed by atoms with Crippen molar-refractivity contribution >= 4 is 36.5 Å². The van der Waals surface area contributed by atoms with Crippen molar-refractivity contribution in [3.63, 3.8) is 0 Å². The van der Waals surface area contributed by atoms with Gasteiger partial charge in [0.15, 0.2) is 5.69 Å². The monoisotopic (exact) mass is 327 g/mol. The van der Waals surface area contributed by atoms with Gasteiger partial charge in [-0.05, 0) is 63.1 Å². The first kappa shape index (κ1) is 17.4. The van der Waals surface area contributed by atoms with E-state index in [1.54, 1.807) is 0 Å². The maximum atomic E-state index is 6.14. The molecule has 4 nitrogen and oxygen atoms in total. The molecule has 0 atom stereocenters. The highest BCUT2D eigenvalue weighted by atomic mass is 16.7. The van der Waals surface area contributed by atoms with Crippen molar-refractivity contribution in [3.8, 4) is 0 Å². The van der Waals surface area contributed by atoms with Crippen molar-refractivity contribution in [1.29, 1.82) is 0 Å². The van der Waals surface area contributed by atoms with E-state index in [1.807, 2.05) is 6.34 Å². The Bertz CT molecular complexity index is 675. The lowest BCUT2D eigenvalue weighted by Crippen LogP contribution is -2.41. The number of aliphatic imine (C=N–C) groups is 1. The van der Waals surface area contributed by atoms with Gasteiger partial charge in [-0.15, -0.1) is 0 Å². The molecule has 0 unspecified atom stereocenters. The van der Waals surface area contributed by atoms with E-state index in [0.717, 1.165) is 29.7 Å². The SMILES string of the molecule is CCC(C=[N+]1C=Nc2cc(B3OC(C)(C)C(C)(C)O3)ccc21)CC. The van der Waals surface area contributed by atoms with E-state index in [-0.39, 0.29) is 18.3 Å². The average molecular weight is 327 g/mol. The van der Waals surface area contributed by atoms with Crippen LogP contribution >= 0.6 is 0 Å². The van der Waals surface area contributed by atoms with Crippen LogP contribution in [0.25, 0.3) is 0 Å². The van der Waals surface area contributed by atoms with E-state index in [1.165, 1.54) is 0 Å². The Morgan fingerprint density at radius 3 is 2.33 bits per heavy atom. The summed E-state index contributed by atoms with van der Waals surface area (Å²) in [4.78, 5) is 4.57. The molecule has 1 aromatic rings. The van der Waals surface area contributed by atoms with Crippen molar-refractivity contribution in [1.82, 2.24) is 0 Å². The highest BCUT2D eigenvalue weighted by Crippen LogP contribution is 2.37. The number of fused-ring (bicyclic) bond motifs is 1. The second kappa shape index (κ2) is 6.12. The standard InChI is InChI=1S/C19H28BN2O2/c1-7-14(8-2)12-22-13-21-16-11-15(9-10-17(16)22)20-23-18(3,4)19(5,6)24-20/h9-14H,7-8H2,1-6H3/q+1. The van der Waals surface area contributed by atoms with Crippen molar-refractivity contribution in [3.05, 3.63) is 18.2 Å². The average Bonchev–Trinajstić information content (AvgIpc) is 3.02. The van der Waals surface area contributed by atoms with Crippen LogP contribution in [0.3, 0.4) is 0 Å². The lowest BCUT2D eigenvalue weighted by atomic mass is 9.79. The van der Waals surface area contributed by atoms with Gasteiger partial charge in [0.2, 0.25) is 5.69 Å². The maximum Gasteiger partial charge on any atom is 0.494 e. The molecule has 0 radical (unpaired) electrons. The van der Waals surface area contributed by atoms with Crippen LogP contribution in [0.1, 0.15) is 54.4 Å². The molecule has 2 aliphatic rings. The second-order valence-electron chi connectivity index (χ2n) is 7.71. The normalized spacial score (nSPS) is 22.6. The molecule has 1 fully saturated rings. The van der Waals surface area contributed by atoms with Crippen LogP contribution in [0.15, 0.2) is 23.2 Å². The quantitative estimate of drug-likeness (QED) is 0.622. The lowest BCUT2D eigenvalue weighted by Gasteiger charge is -2.32. The van der Waals surface area contributed by atoms with E-state index in [2.05, 4.69) is 75.5 Å². The summed E-state index contributed by atoms with van der Waals surface area (Å²) in [7, 11) is -0.340. The largest absolute Gasteiger partial charge is 0.494 e. The summed E-state index contributed by atoms with van der Waals surface area (Å²) in [6, 6.07) is 6.28. The number of benzene rings is 1. The van der Waals surface area contributed by atoms with Gasteiger partial charge in [-0.2, -0.15) is 0 Å². The van der Waals surface area contributed by atoms with Gasteiger partial charge in [-0.3, -0.25) is 0 Å². The fourth-order valence-electron chi connectivity index (χ4n) is 3.02. The van der Waals surface area contributed by atoms with Gasteiger partial charge < -0.3 is 9.31 Å². The molecule has 5 heteroatoms. The zero-order valence-electron chi connectivity index (χ0n) is 15.7. The highest BCUT2D eigenvalue weighted by molar-refractivity contribution is 6.62. The molecule has 24 heavy (non-hydrogen) atoms. The molecule has 0 aliphatic carbocycles. The van der Waals surface area contributed by atoms with Crippen LogP contribution in [-0.2, 0) is 9.31 Å². The first-order chi connectivity index (χ1) is 11.3. The summed E-state index contributed by atoms with van der Waals surface area (Å²) in [6.45, 7) is 12.7. The van der Waals surface area contributed by atoms with E-state index in [9.17, 15) is 0 Å². The van der Waals surface area contributed by atoms with Crippen molar-refractivity contribution in [2.45, 2.75) is 65.6 Å². The summed E-state index contributed by atoms with van der Waals surface area (Å²) >= 11 is 0. The van der Waals surface area contributed by atoms with E-state index >= 15 is 0 Å². The molecule has 128 valence electrons. The second-order valence-corrected chi connectivity index (χ2v) is 7.71. The number of rotatable bonds is 4. The molecule has 0 aromatic heterocycles. The zero-order valence-corrected chi connectivity index (χ0v) is 15.7. The zero-order chi connectivity index (χ0) is 17.5. The Kier molecular flexibility index (Phi) is 4.43. The predicted octanol–water partition coefficient (Wildman–Crippen LogP) is 3.81. The molecule has 0 N–H and O–H groups in total. The molecule has 2 aliphatic heterocycles. The van der Waals surface area contributed by atoms with Crippen LogP contribution in [0.5, 0.6) is 0 Å². The van der Waals surface area contributed by atoms with E-state index in [0.29, 0.717) is 5.92 Å². The summed E-state index contributed by atoms with van der Waals surface area (Å²) in [5.41, 5.74) is 2.48. The predicted molar refractivity (Wildman–Crippen MR) is 100 cm³/mol. The molecule has 0 bridgehead atoms. The molecule has 3 rings (SSSR count). The third kappa shape index (κ3) is 2.95. The van der Waals surface area contributed by atoms with E-state index in [4.69, 9.17) is 9.31 Å². The van der Waals surface area contributed by atoms with Gasteiger partial charge in [0.05, 0.1) is 17.4 Å². The molecular weight excluding hydrogens is 299 g/mol. The van der Waals surface area contributed by atoms with Crippen molar-refractivity contribution < 1.29 is 13.9 Å². The molecule has 0 saturated carbocycles. The highest BCUT2D eigenvalue weighted by Gasteiger charge is 2.52. The van der Waals surface area contributed by atoms with Crippen LogP contribution in [0.4, 0.5) is 11.4 Å². The fourth-order valence-corrected chi connectivity index (χ4v) is 3.02. The smallest absolute Gasteiger partial charge is 0.399 e. The molecule has 0 spiro atoms. The minimum absolute atomic E-state index is 0.324. The van der Waals surface area contributed by atoms with Crippen LogP contribution < -0.4 is 5.46 Å². The fraction of sp³-hybridized carbons (Fsp3) is 0.579. The minimum Gasteiger partial charge on any atom is -0.399 e. The van der Waals surface area contributed by atoms with Gasteiger partial charge in [0, 0.05) is 5.92 Å². The third-order valence-electron chi connectivity index (χ3n) is 5.54. The van der Waals surface area contributed by atoms with Gasteiger partial charge in [-0.25, -0.2) is 4.58 Å². The Labute approximate surface area is 145 Å². The first-order valence-electron chi connectivity index (χ1n) is 8.94. The Morgan fingerprint density at radius 2 is 1.75 bits per heavy atom. The third-order valence-corrected chi connectivity index (χ3v) is 5.54. The van der Waals surface area contributed by atoms with Gasteiger partial charge in [-0.1, -0.05) is 19.9 Å². The molecule has 1 aromatic carbocycles. The molecular formula is C19H28BN2O2+. The van der Waals surface area contributed by atoms with Crippen molar-refractivity contribution in [2.75, 3.05) is 0 Å². The Hall–Kier alpha value is -1.46. The van der Waals surface area contributed by atoms with Crippen molar-refractivity contribution in [2.24, 2.45) is 10.9 Å². The van der Waals surface area contributed by atoms with E-state index < -0.39 is 0 Å².